The van der Waals surface area contributed by atoms with Crippen molar-refractivity contribution in [2.45, 2.75) is 26.4 Å². The molecule has 178 valence electrons. The molecular weight excluding hydrogens is 545 g/mol. The van der Waals surface area contributed by atoms with Gasteiger partial charge in [-0.05, 0) is 85.3 Å². The summed E-state index contributed by atoms with van der Waals surface area (Å²) in [5, 5.41) is 4.36. The fraction of sp³-hybridized carbons (Fsp3) is 0.320. The summed E-state index contributed by atoms with van der Waals surface area (Å²) >= 11 is 2.35. The number of rotatable bonds is 5. The van der Waals surface area contributed by atoms with E-state index in [4.69, 9.17) is 9.15 Å². The highest BCUT2D eigenvalue weighted by molar-refractivity contribution is 14.1. The van der Waals surface area contributed by atoms with Crippen molar-refractivity contribution in [1.82, 2.24) is 9.88 Å². The number of piperazine rings is 1. The largest absolute Gasteiger partial charge is 0.444 e. The van der Waals surface area contributed by atoms with Gasteiger partial charge in [-0.15, -0.1) is 0 Å². The minimum absolute atomic E-state index is 0.242. The fourth-order valence-corrected chi connectivity index (χ4v) is 4.45. The molecule has 9 heteroatoms. The normalized spacial score (nSPS) is 14.5. The average molecular weight is 573 g/mol. The minimum atomic E-state index is -0.475. The van der Waals surface area contributed by atoms with Crippen LogP contribution in [-0.4, -0.2) is 54.0 Å². The molecule has 2 heterocycles. The van der Waals surface area contributed by atoms with Crippen LogP contribution in [0.4, 0.5) is 16.2 Å². The summed E-state index contributed by atoms with van der Waals surface area (Å²) in [5.41, 5.74) is 6.60. The van der Waals surface area contributed by atoms with Gasteiger partial charge >= 0.3 is 6.09 Å². The molecule has 1 amide bonds. The van der Waals surface area contributed by atoms with Gasteiger partial charge in [0.1, 0.15) is 5.60 Å². The molecule has 0 unspecified atom stereocenters. The Morgan fingerprint density at radius 2 is 1.88 bits per heavy atom. The van der Waals surface area contributed by atoms with Crippen LogP contribution in [0.3, 0.4) is 0 Å². The number of carbonyl (C=O) groups is 1. The van der Waals surface area contributed by atoms with Gasteiger partial charge in [0.15, 0.2) is 12.2 Å². The van der Waals surface area contributed by atoms with E-state index in [1.807, 2.05) is 45.0 Å². The van der Waals surface area contributed by atoms with Crippen molar-refractivity contribution in [3.8, 4) is 11.3 Å². The lowest BCUT2D eigenvalue weighted by Crippen LogP contribution is -2.50. The van der Waals surface area contributed by atoms with E-state index in [1.54, 1.807) is 17.3 Å². The number of carbonyl (C=O) groups excluding carboxylic acids is 1. The van der Waals surface area contributed by atoms with Gasteiger partial charge in [0, 0.05) is 35.3 Å². The standard InChI is InChI=1S/C25H28IN5O3/c1-25(2,3)34-24(32)31-12-10-30(11-13-31)22-9-4-18(14-21(22)26)15-28-29-20-7-5-19(6-8-20)23-16-27-17-33-23/h4-9,14-17,29H,10-13H2,1-3H3/b28-15+. The lowest BCUT2D eigenvalue weighted by atomic mass is 10.2. The van der Waals surface area contributed by atoms with Gasteiger partial charge in [-0.1, -0.05) is 6.07 Å². The number of anilines is 2. The molecule has 8 nitrogen and oxygen atoms in total. The summed E-state index contributed by atoms with van der Waals surface area (Å²) < 4.78 is 11.9. The Morgan fingerprint density at radius 1 is 1.15 bits per heavy atom. The number of ether oxygens (including phenoxy) is 1. The van der Waals surface area contributed by atoms with Crippen molar-refractivity contribution in [3.63, 3.8) is 0 Å². The molecule has 1 aliphatic rings. The van der Waals surface area contributed by atoms with Gasteiger partial charge in [-0.25, -0.2) is 9.78 Å². The smallest absolute Gasteiger partial charge is 0.410 e. The van der Waals surface area contributed by atoms with Crippen molar-refractivity contribution in [3.05, 3.63) is 64.2 Å². The van der Waals surface area contributed by atoms with E-state index >= 15 is 0 Å². The molecule has 0 bridgehead atoms. The number of halogens is 1. The first-order valence-electron chi connectivity index (χ1n) is 11.1. The molecule has 1 aliphatic heterocycles. The summed E-state index contributed by atoms with van der Waals surface area (Å²) in [5.74, 6) is 0.732. The van der Waals surface area contributed by atoms with Crippen molar-refractivity contribution in [2.75, 3.05) is 36.5 Å². The van der Waals surface area contributed by atoms with Crippen LogP contribution in [0.1, 0.15) is 26.3 Å². The van der Waals surface area contributed by atoms with E-state index in [2.05, 4.69) is 61.2 Å². The maximum atomic E-state index is 12.3. The highest BCUT2D eigenvalue weighted by Gasteiger charge is 2.26. The number of hydrazone groups is 1. The van der Waals surface area contributed by atoms with Crippen molar-refractivity contribution >= 4 is 46.3 Å². The first kappa shape index (κ1) is 24.1. The zero-order chi connectivity index (χ0) is 24.1. The van der Waals surface area contributed by atoms with Gasteiger partial charge in [0.05, 0.1) is 23.8 Å². The molecule has 2 aromatic carbocycles. The Labute approximate surface area is 213 Å². The maximum absolute atomic E-state index is 12.3. The van der Waals surface area contributed by atoms with Crippen molar-refractivity contribution in [2.24, 2.45) is 5.10 Å². The highest BCUT2D eigenvalue weighted by atomic mass is 127. The van der Waals surface area contributed by atoms with Crippen LogP contribution < -0.4 is 10.3 Å². The van der Waals surface area contributed by atoms with Crippen LogP contribution in [-0.2, 0) is 4.74 Å². The molecule has 0 spiro atoms. The number of aromatic nitrogens is 1. The predicted molar refractivity (Wildman–Crippen MR) is 142 cm³/mol. The Kier molecular flexibility index (Phi) is 7.40. The number of nitrogens with one attached hydrogen (secondary N) is 1. The SMILES string of the molecule is CC(C)(C)OC(=O)N1CCN(c2ccc(/C=N/Nc3ccc(-c4cnco4)cc3)cc2I)CC1. The maximum Gasteiger partial charge on any atom is 0.410 e. The minimum Gasteiger partial charge on any atom is -0.444 e. The van der Waals surface area contributed by atoms with Crippen LogP contribution in [0.5, 0.6) is 0 Å². The van der Waals surface area contributed by atoms with Crippen molar-refractivity contribution < 1.29 is 13.9 Å². The molecule has 3 aromatic rings. The monoisotopic (exact) mass is 573 g/mol. The summed E-state index contributed by atoms with van der Waals surface area (Å²) in [6.45, 7) is 8.50. The molecule has 1 fully saturated rings. The Bertz CT molecular complexity index is 1130. The van der Waals surface area contributed by atoms with Gasteiger partial charge in [0.25, 0.3) is 0 Å². The van der Waals surface area contributed by atoms with Crippen LogP contribution in [0.2, 0.25) is 0 Å². The molecule has 1 aromatic heterocycles. The molecule has 4 rings (SSSR count). The number of amides is 1. The third-order valence-corrected chi connectivity index (χ3v) is 6.12. The first-order chi connectivity index (χ1) is 16.3. The predicted octanol–water partition coefficient (Wildman–Crippen LogP) is 5.45. The molecule has 0 atom stereocenters. The van der Waals surface area contributed by atoms with E-state index in [-0.39, 0.29) is 6.09 Å². The average Bonchev–Trinajstić information content (AvgIpc) is 3.34. The van der Waals surface area contributed by atoms with Crippen molar-refractivity contribution in [1.29, 1.82) is 0 Å². The summed E-state index contributed by atoms with van der Waals surface area (Å²) in [6, 6.07) is 14.1. The van der Waals surface area contributed by atoms with Gasteiger partial charge in [-0.3, -0.25) is 5.43 Å². The molecule has 0 aliphatic carbocycles. The Balaban J connectivity index is 1.31. The number of hydrogen-bond acceptors (Lipinski definition) is 7. The van der Waals surface area contributed by atoms with E-state index in [0.29, 0.717) is 13.1 Å². The molecule has 1 N–H and O–H groups in total. The van der Waals surface area contributed by atoms with Gasteiger partial charge in [0.2, 0.25) is 0 Å². The second kappa shape index (κ2) is 10.5. The summed E-state index contributed by atoms with van der Waals surface area (Å²) in [4.78, 5) is 20.3. The van der Waals surface area contributed by atoms with Crippen LogP contribution in [0.25, 0.3) is 11.3 Å². The van der Waals surface area contributed by atoms with E-state index in [9.17, 15) is 4.79 Å². The zero-order valence-electron chi connectivity index (χ0n) is 19.5. The number of nitrogens with zero attached hydrogens (tertiary/aromatic N) is 4. The number of hydrogen-bond donors (Lipinski definition) is 1. The van der Waals surface area contributed by atoms with E-state index in [1.165, 1.54) is 6.39 Å². The first-order valence-corrected chi connectivity index (χ1v) is 12.2. The number of oxazole rings is 1. The molecule has 1 saturated heterocycles. The van der Waals surface area contributed by atoms with Crippen LogP contribution >= 0.6 is 22.6 Å². The number of benzene rings is 2. The van der Waals surface area contributed by atoms with Gasteiger partial charge < -0.3 is 19.0 Å². The van der Waals surface area contributed by atoms with E-state index in [0.717, 1.165) is 44.9 Å². The lowest BCUT2D eigenvalue weighted by molar-refractivity contribution is 0.0240. The highest BCUT2D eigenvalue weighted by Crippen LogP contribution is 2.25. The molecule has 0 radical (unpaired) electrons. The lowest BCUT2D eigenvalue weighted by Gasteiger charge is -2.37. The second-order valence-corrected chi connectivity index (χ2v) is 10.1. The van der Waals surface area contributed by atoms with Crippen LogP contribution in [0.15, 0.2) is 64.6 Å². The molecule has 34 heavy (non-hydrogen) atoms. The summed E-state index contributed by atoms with van der Waals surface area (Å²) in [6.07, 6.45) is 4.67. The zero-order valence-corrected chi connectivity index (χ0v) is 21.7. The second-order valence-electron chi connectivity index (χ2n) is 8.98. The quantitative estimate of drug-likeness (QED) is 0.249. The molecular formula is C25H28IN5O3. The summed E-state index contributed by atoms with van der Waals surface area (Å²) in [7, 11) is 0. The molecule has 0 saturated carbocycles. The third-order valence-electron chi connectivity index (χ3n) is 5.25. The van der Waals surface area contributed by atoms with Gasteiger partial charge in [-0.2, -0.15) is 5.10 Å². The third kappa shape index (κ3) is 6.28. The van der Waals surface area contributed by atoms with Crippen LogP contribution in [0, 0.1) is 3.57 Å². The fourth-order valence-electron chi connectivity index (χ4n) is 3.57. The Morgan fingerprint density at radius 3 is 2.50 bits per heavy atom. The topological polar surface area (TPSA) is 83.2 Å². The van der Waals surface area contributed by atoms with E-state index < -0.39 is 5.60 Å². The Hall–Kier alpha value is -3.08.